The zero-order chi connectivity index (χ0) is 23.9. The van der Waals surface area contributed by atoms with Crippen LogP contribution >= 0.6 is 0 Å². The molecular formula is C26H31N7O. The van der Waals surface area contributed by atoms with Gasteiger partial charge in [-0.1, -0.05) is 6.07 Å². The summed E-state index contributed by atoms with van der Waals surface area (Å²) in [6.45, 7) is 9.74. The molecule has 0 bridgehead atoms. The first-order chi connectivity index (χ1) is 16.3. The Morgan fingerprint density at radius 3 is 2.41 bits per heavy atom. The van der Waals surface area contributed by atoms with Crippen LogP contribution in [0.15, 0.2) is 54.7 Å². The van der Waals surface area contributed by atoms with Crippen LogP contribution in [0.3, 0.4) is 0 Å². The van der Waals surface area contributed by atoms with Crippen LogP contribution in [0.1, 0.15) is 25.2 Å². The van der Waals surface area contributed by atoms with Gasteiger partial charge in [-0.3, -0.25) is 4.57 Å². The van der Waals surface area contributed by atoms with Gasteiger partial charge in [0, 0.05) is 54.8 Å². The van der Waals surface area contributed by atoms with Crippen LogP contribution in [0, 0.1) is 6.92 Å². The number of pyridine rings is 1. The lowest BCUT2D eigenvalue weighted by Crippen LogP contribution is -2.44. The van der Waals surface area contributed by atoms with Crippen molar-refractivity contribution in [1.29, 1.82) is 0 Å². The van der Waals surface area contributed by atoms with Crippen LogP contribution in [0.5, 0.6) is 0 Å². The molecule has 1 aliphatic heterocycles. The van der Waals surface area contributed by atoms with E-state index in [1.807, 2.05) is 42.0 Å². The van der Waals surface area contributed by atoms with Gasteiger partial charge in [0.05, 0.1) is 5.69 Å². The maximum absolute atomic E-state index is 10.4. The van der Waals surface area contributed by atoms with Gasteiger partial charge in [-0.2, -0.15) is 4.98 Å². The zero-order valence-electron chi connectivity index (χ0n) is 20.2. The first-order valence-corrected chi connectivity index (χ1v) is 11.6. The van der Waals surface area contributed by atoms with Crippen LogP contribution < -0.4 is 10.2 Å². The molecule has 1 saturated heterocycles. The molecule has 176 valence electrons. The third kappa shape index (κ3) is 4.47. The van der Waals surface area contributed by atoms with Crippen LogP contribution in [0.4, 0.5) is 17.3 Å². The number of piperazine rings is 1. The SMILES string of the molecule is Cc1cc2cnc(Nc3ccc(N4CCN(C)CC4)cc3)nc2n1-c1cccc(C(C)(C)O)n1. The predicted octanol–water partition coefficient (Wildman–Crippen LogP) is 3.85. The largest absolute Gasteiger partial charge is 0.384 e. The van der Waals surface area contributed by atoms with Gasteiger partial charge in [-0.15, -0.1) is 0 Å². The number of aromatic nitrogens is 4. The number of anilines is 3. The van der Waals surface area contributed by atoms with Crippen molar-refractivity contribution in [1.82, 2.24) is 24.4 Å². The summed E-state index contributed by atoms with van der Waals surface area (Å²) in [5.41, 5.74) is 3.53. The van der Waals surface area contributed by atoms with Gasteiger partial charge in [0.1, 0.15) is 11.4 Å². The summed E-state index contributed by atoms with van der Waals surface area (Å²) in [6.07, 6.45) is 1.83. The van der Waals surface area contributed by atoms with E-state index in [0.29, 0.717) is 17.5 Å². The Balaban J connectivity index is 1.42. The minimum absolute atomic E-state index is 0.526. The van der Waals surface area contributed by atoms with Crippen molar-refractivity contribution in [2.75, 3.05) is 43.4 Å². The second kappa shape index (κ2) is 8.70. The zero-order valence-corrected chi connectivity index (χ0v) is 20.2. The van der Waals surface area contributed by atoms with Crippen molar-refractivity contribution in [2.45, 2.75) is 26.4 Å². The van der Waals surface area contributed by atoms with Crippen molar-refractivity contribution < 1.29 is 5.11 Å². The summed E-state index contributed by atoms with van der Waals surface area (Å²) >= 11 is 0. The summed E-state index contributed by atoms with van der Waals surface area (Å²) in [7, 11) is 2.17. The highest BCUT2D eigenvalue weighted by Crippen LogP contribution is 2.26. The van der Waals surface area contributed by atoms with Gasteiger partial charge in [0.15, 0.2) is 5.65 Å². The summed E-state index contributed by atoms with van der Waals surface area (Å²) in [4.78, 5) is 18.8. The first-order valence-electron chi connectivity index (χ1n) is 11.6. The maximum Gasteiger partial charge on any atom is 0.229 e. The minimum atomic E-state index is -1.02. The molecule has 5 rings (SSSR count). The number of benzene rings is 1. The Bertz CT molecular complexity index is 1300. The Kier molecular flexibility index (Phi) is 5.71. The molecule has 34 heavy (non-hydrogen) atoms. The highest BCUT2D eigenvalue weighted by atomic mass is 16.3. The van der Waals surface area contributed by atoms with E-state index in [9.17, 15) is 5.11 Å². The van der Waals surface area contributed by atoms with E-state index in [4.69, 9.17) is 9.97 Å². The van der Waals surface area contributed by atoms with E-state index >= 15 is 0 Å². The van der Waals surface area contributed by atoms with Crippen molar-refractivity contribution >= 4 is 28.4 Å². The molecule has 0 unspecified atom stereocenters. The summed E-state index contributed by atoms with van der Waals surface area (Å²) in [6, 6.07) is 16.1. The predicted molar refractivity (Wildman–Crippen MR) is 136 cm³/mol. The number of fused-ring (bicyclic) bond motifs is 1. The molecule has 0 radical (unpaired) electrons. The lowest BCUT2D eigenvalue weighted by Gasteiger charge is -2.34. The number of nitrogens with one attached hydrogen (secondary N) is 1. The fourth-order valence-corrected chi connectivity index (χ4v) is 4.31. The van der Waals surface area contributed by atoms with Gasteiger partial charge in [0.2, 0.25) is 5.95 Å². The molecule has 0 atom stereocenters. The van der Waals surface area contributed by atoms with Crippen LogP contribution in [-0.4, -0.2) is 62.8 Å². The second-order valence-electron chi connectivity index (χ2n) is 9.50. The Hall–Kier alpha value is -3.49. The third-order valence-corrected chi connectivity index (χ3v) is 6.31. The number of likely N-dealkylation sites (N-methyl/N-ethyl adjacent to an activating group) is 1. The number of rotatable bonds is 5. The first kappa shape index (κ1) is 22.3. The monoisotopic (exact) mass is 457 g/mol. The molecule has 0 aliphatic carbocycles. The smallest absolute Gasteiger partial charge is 0.229 e. The molecule has 1 aromatic carbocycles. The molecule has 3 aromatic heterocycles. The highest BCUT2D eigenvalue weighted by molar-refractivity contribution is 5.80. The number of hydrogen-bond acceptors (Lipinski definition) is 7. The fourth-order valence-electron chi connectivity index (χ4n) is 4.31. The van der Waals surface area contributed by atoms with E-state index in [1.165, 1.54) is 5.69 Å². The quantitative estimate of drug-likeness (QED) is 0.471. The Morgan fingerprint density at radius 2 is 1.71 bits per heavy atom. The molecule has 0 saturated carbocycles. The van der Waals surface area contributed by atoms with Crippen LogP contribution in [0.25, 0.3) is 16.9 Å². The van der Waals surface area contributed by atoms with Gasteiger partial charge in [0.25, 0.3) is 0 Å². The molecular weight excluding hydrogens is 426 g/mol. The fraction of sp³-hybridized carbons (Fsp3) is 0.346. The molecule has 1 aliphatic rings. The molecule has 8 nitrogen and oxygen atoms in total. The van der Waals surface area contributed by atoms with Crippen LogP contribution in [0.2, 0.25) is 0 Å². The summed E-state index contributed by atoms with van der Waals surface area (Å²) in [5.74, 6) is 1.24. The minimum Gasteiger partial charge on any atom is -0.384 e. The number of aryl methyl sites for hydroxylation is 1. The lowest BCUT2D eigenvalue weighted by molar-refractivity contribution is 0.0738. The van der Waals surface area contributed by atoms with Crippen LogP contribution in [-0.2, 0) is 5.60 Å². The number of hydrogen-bond donors (Lipinski definition) is 2. The molecule has 4 heterocycles. The molecule has 0 spiro atoms. The van der Waals surface area contributed by atoms with Crippen molar-refractivity contribution in [3.63, 3.8) is 0 Å². The van der Waals surface area contributed by atoms with Crippen molar-refractivity contribution in [2.24, 2.45) is 0 Å². The van der Waals surface area contributed by atoms with Gasteiger partial charge in [-0.25, -0.2) is 9.97 Å². The maximum atomic E-state index is 10.4. The average Bonchev–Trinajstić information content (AvgIpc) is 3.15. The summed E-state index contributed by atoms with van der Waals surface area (Å²) < 4.78 is 1.99. The molecule has 0 amide bonds. The third-order valence-electron chi connectivity index (χ3n) is 6.31. The van der Waals surface area contributed by atoms with E-state index < -0.39 is 5.60 Å². The molecule has 8 heteroatoms. The molecule has 4 aromatic rings. The number of aliphatic hydroxyl groups is 1. The average molecular weight is 458 g/mol. The lowest BCUT2D eigenvalue weighted by atomic mass is 10.1. The van der Waals surface area contributed by atoms with Gasteiger partial charge < -0.3 is 20.2 Å². The van der Waals surface area contributed by atoms with Crippen molar-refractivity contribution in [3.05, 3.63) is 66.1 Å². The van der Waals surface area contributed by atoms with E-state index in [2.05, 4.69) is 51.4 Å². The van der Waals surface area contributed by atoms with E-state index in [1.54, 1.807) is 13.8 Å². The molecule has 1 fully saturated rings. The van der Waals surface area contributed by atoms with E-state index in [0.717, 1.165) is 48.6 Å². The van der Waals surface area contributed by atoms with Crippen molar-refractivity contribution in [3.8, 4) is 5.82 Å². The Labute approximate surface area is 199 Å². The number of nitrogens with zero attached hydrogens (tertiary/aromatic N) is 6. The van der Waals surface area contributed by atoms with E-state index in [-0.39, 0.29) is 0 Å². The Morgan fingerprint density at radius 1 is 0.971 bits per heavy atom. The second-order valence-corrected chi connectivity index (χ2v) is 9.50. The van der Waals surface area contributed by atoms with Gasteiger partial charge in [-0.05, 0) is 70.3 Å². The molecule has 2 N–H and O–H groups in total. The highest BCUT2D eigenvalue weighted by Gasteiger charge is 2.20. The summed E-state index contributed by atoms with van der Waals surface area (Å²) in [5, 5.41) is 14.7. The standard InChI is InChI=1S/C26H31N7O/c1-18-16-19-17-27-25(28-20-8-10-21(11-9-20)32-14-12-31(4)13-15-32)30-24(19)33(18)23-7-5-6-22(29-23)26(2,3)34/h5-11,16-17,34H,12-15H2,1-4H3,(H,27,28,30). The normalized spacial score (nSPS) is 15.1. The topological polar surface area (TPSA) is 82.3 Å². The van der Waals surface area contributed by atoms with Gasteiger partial charge >= 0.3 is 0 Å².